The van der Waals surface area contributed by atoms with Crippen LogP contribution in [-0.2, 0) is 0 Å². The molecule has 1 aliphatic rings. The predicted octanol–water partition coefficient (Wildman–Crippen LogP) is 3.26. The number of piperazine rings is 1. The van der Waals surface area contributed by atoms with Crippen molar-refractivity contribution in [2.45, 2.75) is 13.8 Å². The minimum atomic E-state index is -0.0293. The zero-order valence-electron chi connectivity index (χ0n) is 15.9. The summed E-state index contributed by atoms with van der Waals surface area (Å²) in [5.41, 5.74) is 3.44. The van der Waals surface area contributed by atoms with E-state index in [1.807, 2.05) is 43.0 Å². The number of hydrogen-bond donors (Lipinski definition) is 1. The van der Waals surface area contributed by atoms with Crippen molar-refractivity contribution in [2.24, 2.45) is 0 Å². The fraction of sp³-hybridized carbons (Fsp3) is 0.300. The number of amides is 1. The number of rotatable bonds is 4. The number of carbonyl (C=O) groups is 1. The molecule has 144 valence electrons. The Kier molecular flexibility index (Phi) is 5.21. The van der Waals surface area contributed by atoms with Gasteiger partial charge in [0.15, 0.2) is 5.13 Å². The number of nitrogens with one attached hydrogen (secondary N) is 1. The van der Waals surface area contributed by atoms with E-state index in [0.717, 1.165) is 24.5 Å². The van der Waals surface area contributed by atoms with Crippen molar-refractivity contribution in [1.29, 1.82) is 0 Å². The minimum absolute atomic E-state index is 0.0293. The molecular weight excluding hydrogens is 372 g/mol. The first kappa shape index (κ1) is 18.4. The first-order valence-electron chi connectivity index (χ1n) is 9.22. The van der Waals surface area contributed by atoms with Crippen LogP contribution in [0.2, 0.25) is 0 Å². The van der Waals surface area contributed by atoms with Gasteiger partial charge in [0.1, 0.15) is 5.69 Å². The molecule has 3 aromatic rings. The average Bonchev–Trinajstić information content (AvgIpc) is 3.16. The Hall–Kier alpha value is -3.00. The number of hydrogen-bond acceptors (Lipinski definition) is 7. The van der Waals surface area contributed by atoms with Crippen molar-refractivity contribution in [3.63, 3.8) is 0 Å². The first-order chi connectivity index (χ1) is 13.6. The highest BCUT2D eigenvalue weighted by Gasteiger charge is 2.24. The van der Waals surface area contributed by atoms with E-state index in [1.54, 1.807) is 5.38 Å². The molecule has 1 amide bonds. The van der Waals surface area contributed by atoms with Crippen molar-refractivity contribution >= 4 is 34.0 Å². The lowest BCUT2D eigenvalue weighted by Crippen LogP contribution is -2.48. The lowest BCUT2D eigenvalue weighted by atomic mass is 10.2. The summed E-state index contributed by atoms with van der Waals surface area (Å²) in [5, 5.41) is 5.51. The molecule has 1 aliphatic heterocycles. The second-order valence-corrected chi connectivity index (χ2v) is 7.61. The van der Waals surface area contributed by atoms with E-state index in [1.165, 1.54) is 17.0 Å². The summed E-state index contributed by atoms with van der Waals surface area (Å²) in [5.74, 6) is 0.473. The largest absolute Gasteiger partial charge is 0.368 e. The molecule has 1 fully saturated rings. The molecule has 1 saturated heterocycles. The summed E-state index contributed by atoms with van der Waals surface area (Å²) >= 11 is 1.39. The van der Waals surface area contributed by atoms with Gasteiger partial charge >= 0.3 is 0 Å². The third-order valence-corrected chi connectivity index (χ3v) is 5.37. The third-order valence-electron chi connectivity index (χ3n) is 4.61. The van der Waals surface area contributed by atoms with Crippen LogP contribution < -0.4 is 10.2 Å². The fourth-order valence-corrected chi connectivity index (χ4v) is 3.95. The molecule has 8 heteroatoms. The Bertz CT molecular complexity index is 946. The lowest BCUT2D eigenvalue weighted by molar-refractivity contribution is 0.0742. The Labute approximate surface area is 168 Å². The summed E-state index contributed by atoms with van der Waals surface area (Å²) in [6.07, 6.45) is 0. The summed E-state index contributed by atoms with van der Waals surface area (Å²) in [4.78, 5) is 30.1. The highest BCUT2D eigenvalue weighted by molar-refractivity contribution is 7.14. The maximum Gasteiger partial charge on any atom is 0.273 e. The van der Waals surface area contributed by atoms with Crippen molar-refractivity contribution in [1.82, 2.24) is 19.9 Å². The van der Waals surface area contributed by atoms with Gasteiger partial charge in [-0.2, -0.15) is 0 Å². The Morgan fingerprint density at radius 1 is 1.00 bits per heavy atom. The molecule has 4 rings (SSSR count). The van der Waals surface area contributed by atoms with Gasteiger partial charge in [-0.15, -0.1) is 11.3 Å². The smallest absolute Gasteiger partial charge is 0.273 e. The normalized spacial score (nSPS) is 14.2. The molecule has 1 aromatic carbocycles. The minimum Gasteiger partial charge on any atom is -0.368 e. The van der Waals surface area contributed by atoms with Gasteiger partial charge in [-0.3, -0.25) is 4.79 Å². The topological polar surface area (TPSA) is 74.2 Å². The van der Waals surface area contributed by atoms with Crippen LogP contribution in [-0.4, -0.2) is 51.9 Å². The van der Waals surface area contributed by atoms with Crippen LogP contribution in [0.1, 0.15) is 21.9 Å². The fourth-order valence-electron chi connectivity index (χ4n) is 3.28. The SMILES string of the molecule is Cc1cc(C)nc(Nc2nc(C(=O)N3CCN(c4ccccc4)CC3)cs2)n1. The van der Waals surface area contributed by atoms with E-state index in [2.05, 4.69) is 37.3 Å². The predicted molar refractivity (Wildman–Crippen MR) is 111 cm³/mol. The number of para-hydroxylation sites is 1. The zero-order chi connectivity index (χ0) is 19.5. The highest BCUT2D eigenvalue weighted by atomic mass is 32.1. The Balaban J connectivity index is 1.38. The van der Waals surface area contributed by atoms with Gasteiger partial charge < -0.3 is 15.1 Å². The number of benzene rings is 1. The van der Waals surface area contributed by atoms with E-state index in [-0.39, 0.29) is 5.91 Å². The van der Waals surface area contributed by atoms with Crippen LogP contribution in [0.5, 0.6) is 0 Å². The first-order valence-corrected chi connectivity index (χ1v) is 10.1. The highest BCUT2D eigenvalue weighted by Crippen LogP contribution is 2.21. The second kappa shape index (κ2) is 7.93. The van der Waals surface area contributed by atoms with E-state index in [4.69, 9.17) is 0 Å². The molecule has 2 aromatic heterocycles. The standard InChI is InChI=1S/C20H22N6OS/c1-14-12-15(2)22-19(21-14)24-20-23-17(13-28-20)18(27)26-10-8-25(9-11-26)16-6-4-3-5-7-16/h3-7,12-13H,8-11H2,1-2H3,(H,21,22,23,24). The van der Waals surface area contributed by atoms with Crippen LogP contribution in [0.4, 0.5) is 16.8 Å². The van der Waals surface area contributed by atoms with Crippen molar-refractivity contribution in [2.75, 3.05) is 36.4 Å². The Morgan fingerprint density at radius 3 is 2.36 bits per heavy atom. The summed E-state index contributed by atoms with van der Waals surface area (Å²) in [6.45, 7) is 6.86. The molecule has 3 heterocycles. The molecule has 0 aliphatic carbocycles. The van der Waals surface area contributed by atoms with E-state index in [0.29, 0.717) is 29.9 Å². The van der Waals surface area contributed by atoms with Gasteiger partial charge in [0.2, 0.25) is 5.95 Å². The molecule has 1 N–H and O–H groups in total. The van der Waals surface area contributed by atoms with E-state index >= 15 is 0 Å². The molecule has 7 nitrogen and oxygen atoms in total. The third kappa shape index (κ3) is 4.12. The van der Waals surface area contributed by atoms with Crippen LogP contribution in [0, 0.1) is 13.8 Å². The van der Waals surface area contributed by atoms with Gasteiger partial charge in [-0.1, -0.05) is 18.2 Å². The van der Waals surface area contributed by atoms with Gasteiger partial charge in [-0.25, -0.2) is 15.0 Å². The van der Waals surface area contributed by atoms with Gasteiger partial charge in [0.05, 0.1) is 0 Å². The van der Waals surface area contributed by atoms with Crippen molar-refractivity contribution < 1.29 is 4.79 Å². The van der Waals surface area contributed by atoms with Crippen molar-refractivity contribution in [3.05, 3.63) is 58.9 Å². The summed E-state index contributed by atoms with van der Waals surface area (Å²) < 4.78 is 0. The van der Waals surface area contributed by atoms with Crippen molar-refractivity contribution in [3.8, 4) is 0 Å². The molecule has 0 atom stereocenters. The van der Waals surface area contributed by atoms with E-state index < -0.39 is 0 Å². The monoisotopic (exact) mass is 394 g/mol. The van der Waals surface area contributed by atoms with Gasteiger partial charge in [0, 0.05) is 48.6 Å². The quantitative estimate of drug-likeness (QED) is 0.732. The lowest BCUT2D eigenvalue weighted by Gasteiger charge is -2.35. The zero-order valence-corrected chi connectivity index (χ0v) is 16.7. The molecule has 0 radical (unpaired) electrons. The van der Waals surface area contributed by atoms with Crippen LogP contribution in [0.15, 0.2) is 41.8 Å². The van der Waals surface area contributed by atoms with Gasteiger partial charge in [0.25, 0.3) is 5.91 Å². The molecule has 0 bridgehead atoms. The number of nitrogens with zero attached hydrogens (tertiary/aromatic N) is 5. The number of carbonyl (C=O) groups excluding carboxylic acids is 1. The average molecular weight is 395 g/mol. The summed E-state index contributed by atoms with van der Waals surface area (Å²) in [7, 11) is 0. The summed E-state index contributed by atoms with van der Waals surface area (Å²) in [6, 6.07) is 12.2. The maximum atomic E-state index is 12.8. The van der Waals surface area contributed by atoms with Crippen LogP contribution in [0.3, 0.4) is 0 Å². The Morgan fingerprint density at radius 2 is 1.68 bits per heavy atom. The molecule has 0 unspecified atom stereocenters. The van der Waals surface area contributed by atoms with Crippen LogP contribution in [0.25, 0.3) is 0 Å². The molecular formula is C20H22N6OS. The molecule has 0 spiro atoms. The number of aryl methyl sites for hydroxylation is 2. The number of thiazole rings is 1. The molecule has 0 saturated carbocycles. The number of aromatic nitrogens is 3. The molecule has 28 heavy (non-hydrogen) atoms. The second-order valence-electron chi connectivity index (χ2n) is 6.75. The maximum absolute atomic E-state index is 12.8. The van der Waals surface area contributed by atoms with Crippen LogP contribution >= 0.6 is 11.3 Å². The van der Waals surface area contributed by atoms with Gasteiger partial charge in [-0.05, 0) is 32.0 Å². The van der Waals surface area contributed by atoms with E-state index in [9.17, 15) is 4.79 Å². The number of anilines is 3.